The highest BCUT2D eigenvalue weighted by molar-refractivity contribution is 7.12. The number of aromatic nitrogens is 1. The highest BCUT2D eigenvalue weighted by atomic mass is 32.1. The molecule has 0 bridgehead atoms. The number of hydrogen-bond donors (Lipinski definition) is 3. The number of carbonyl (C=O) groups is 3. The van der Waals surface area contributed by atoms with E-state index in [2.05, 4.69) is 20.9 Å². The summed E-state index contributed by atoms with van der Waals surface area (Å²) in [6.07, 6.45) is 4.50. The molecule has 0 spiro atoms. The van der Waals surface area contributed by atoms with E-state index < -0.39 is 0 Å². The Morgan fingerprint density at radius 1 is 0.875 bits per heavy atom. The molecule has 0 unspecified atom stereocenters. The van der Waals surface area contributed by atoms with Crippen molar-refractivity contribution in [3.8, 4) is 0 Å². The molecule has 9 heteroatoms. The van der Waals surface area contributed by atoms with Crippen LogP contribution in [0.15, 0.2) is 83.1 Å². The summed E-state index contributed by atoms with van der Waals surface area (Å²) in [6, 6.07) is 15.2. The number of amides is 3. The Hall–Kier alpha value is -4.24. The molecule has 32 heavy (non-hydrogen) atoms. The fourth-order valence-corrected chi connectivity index (χ4v) is 3.62. The largest absolute Gasteiger partial charge is 0.459 e. The van der Waals surface area contributed by atoms with Gasteiger partial charge < -0.3 is 20.4 Å². The quantitative estimate of drug-likeness (QED) is 0.394. The summed E-state index contributed by atoms with van der Waals surface area (Å²) < 4.78 is 5.06. The molecule has 0 aliphatic heterocycles. The maximum Gasteiger partial charge on any atom is 0.291 e. The molecule has 1 aromatic carbocycles. The average molecular weight is 446 g/mol. The van der Waals surface area contributed by atoms with Gasteiger partial charge in [0.05, 0.1) is 12.0 Å². The third-order valence-corrected chi connectivity index (χ3v) is 5.39. The molecule has 3 amide bonds. The van der Waals surface area contributed by atoms with Gasteiger partial charge in [0, 0.05) is 30.2 Å². The van der Waals surface area contributed by atoms with Gasteiger partial charge in [-0.15, -0.1) is 11.3 Å². The Morgan fingerprint density at radius 3 is 2.38 bits per heavy atom. The molecule has 0 atom stereocenters. The first-order chi connectivity index (χ1) is 15.6. The van der Waals surface area contributed by atoms with Gasteiger partial charge in [-0.3, -0.25) is 19.4 Å². The van der Waals surface area contributed by atoms with Gasteiger partial charge in [0.2, 0.25) is 0 Å². The number of hydrogen-bond acceptors (Lipinski definition) is 6. The SMILES string of the molecule is O=C(Nc1ccsc1C(=O)NCc1ccc(NC(=O)c2ccco2)cc1)c1ccncc1. The van der Waals surface area contributed by atoms with Crippen molar-refractivity contribution in [3.05, 3.63) is 100 Å². The van der Waals surface area contributed by atoms with Crippen LogP contribution in [0.25, 0.3) is 0 Å². The van der Waals surface area contributed by atoms with E-state index in [9.17, 15) is 14.4 Å². The van der Waals surface area contributed by atoms with Gasteiger partial charge in [-0.1, -0.05) is 12.1 Å². The first-order valence-electron chi connectivity index (χ1n) is 9.61. The zero-order chi connectivity index (χ0) is 22.3. The molecule has 160 valence electrons. The van der Waals surface area contributed by atoms with Crippen LogP contribution in [-0.2, 0) is 6.54 Å². The summed E-state index contributed by atoms with van der Waals surface area (Å²) in [5.74, 6) is -0.716. The fraction of sp³-hybridized carbons (Fsp3) is 0.0435. The number of nitrogens with one attached hydrogen (secondary N) is 3. The summed E-state index contributed by atoms with van der Waals surface area (Å²) in [5.41, 5.74) is 2.37. The summed E-state index contributed by atoms with van der Waals surface area (Å²) in [6.45, 7) is 0.293. The van der Waals surface area contributed by atoms with E-state index in [4.69, 9.17) is 4.42 Å². The number of carbonyl (C=O) groups excluding carboxylic acids is 3. The van der Waals surface area contributed by atoms with Crippen LogP contribution in [0.3, 0.4) is 0 Å². The van der Waals surface area contributed by atoms with Gasteiger partial charge in [0.25, 0.3) is 17.7 Å². The van der Waals surface area contributed by atoms with Crippen LogP contribution in [0.4, 0.5) is 11.4 Å². The summed E-state index contributed by atoms with van der Waals surface area (Å²) in [7, 11) is 0. The number of rotatable bonds is 7. The standard InChI is InChI=1S/C23H18N4O4S/c28-21(16-7-10-24-11-8-16)27-18-9-13-32-20(18)23(30)25-14-15-3-5-17(6-4-15)26-22(29)19-2-1-12-31-19/h1-13H,14H2,(H,25,30)(H,26,29)(H,27,28). The number of benzene rings is 1. The van der Waals surface area contributed by atoms with E-state index in [1.54, 1.807) is 60.0 Å². The molecule has 0 saturated carbocycles. The Kier molecular flexibility index (Phi) is 6.38. The second-order valence-electron chi connectivity index (χ2n) is 6.66. The number of furan rings is 1. The predicted octanol–water partition coefficient (Wildman–Crippen LogP) is 4.17. The zero-order valence-electron chi connectivity index (χ0n) is 16.7. The van der Waals surface area contributed by atoms with Gasteiger partial charge in [0.15, 0.2) is 5.76 Å². The van der Waals surface area contributed by atoms with Crippen molar-refractivity contribution >= 4 is 40.4 Å². The molecule has 3 N–H and O–H groups in total. The topological polar surface area (TPSA) is 113 Å². The smallest absolute Gasteiger partial charge is 0.291 e. The highest BCUT2D eigenvalue weighted by Gasteiger charge is 2.16. The fourth-order valence-electron chi connectivity index (χ4n) is 2.85. The predicted molar refractivity (Wildman–Crippen MR) is 121 cm³/mol. The van der Waals surface area contributed by atoms with Crippen molar-refractivity contribution in [3.63, 3.8) is 0 Å². The minimum atomic E-state index is -0.338. The lowest BCUT2D eigenvalue weighted by Crippen LogP contribution is -2.23. The van der Waals surface area contributed by atoms with Crippen molar-refractivity contribution in [1.29, 1.82) is 0 Å². The van der Waals surface area contributed by atoms with Gasteiger partial charge in [-0.2, -0.15) is 0 Å². The molecule has 0 radical (unpaired) electrons. The minimum Gasteiger partial charge on any atom is -0.459 e. The van der Waals surface area contributed by atoms with Crippen LogP contribution in [0.5, 0.6) is 0 Å². The first-order valence-corrected chi connectivity index (χ1v) is 10.5. The molecule has 0 saturated heterocycles. The Labute approximate surface area is 187 Å². The van der Waals surface area contributed by atoms with E-state index in [-0.39, 0.29) is 23.5 Å². The number of nitrogens with zero attached hydrogens (tertiary/aromatic N) is 1. The lowest BCUT2D eigenvalue weighted by Gasteiger charge is -2.09. The molecule has 3 heterocycles. The van der Waals surface area contributed by atoms with E-state index in [0.29, 0.717) is 28.4 Å². The first kappa shape index (κ1) is 21.0. The molecule has 4 rings (SSSR count). The highest BCUT2D eigenvalue weighted by Crippen LogP contribution is 2.23. The third kappa shape index (κ3) is 5.08. The van der Waals surface area contributed by atoms with E-state index in [0.717, 1.165) is 5.56 Å². The van der Waals surface area contributed by atoms with Crippen LogP contribution in [0.1, 0.15) is 36.1 Å². The maximum absolute atomic E-state index is 12.6. The van der Waals surface area contributed by atoms with Crippen LogP contribution in [-0.4, -0.2) is 22.7 Å². The van der Waals surface area contributed by atoms with Crippen molar-refractivity contribution in [2.24, 2.45) is 0 Å². The number of pyridine rings is 1. The van der Waals surface area contributed by atoms with Crippen LogP contribution in [0.2, 0.25) is 0 Å². The summed E-state index contributed by atoms with van der Waals surface area (Å²) in [4.78, 5) is 41.3. The van der Waals surface area contributed by atoms with E-state index >= 15 is 0 Å². The van der Waals surface area contributed by atoms with Crippen molar-refractivity contribution < 1.29 is 18.8 Å². The van der Waals surface area contributed by atoms with Gasteiger partial charge in [-0.05, 0) is 53.4 Å². The monoisotopic (exact) mass is 446 g/mol. The summed E-state index contributed by atoms with van der Waals surface area (Å²) in [5, 5.41) is 10.1. The second-order valence-corrected chi connectivity index (χ2v) is 7.58. The number of anilines is 2. The molecule has 0 aliphatic rings. The molecule has 4 aromatic rings. The molecular formula is C23H18N4O4S. The average Bonchev–Trinajstić information content (AvgIpc) is 3.51. The zero-order valence-corrected chi connectivity index (χ0v) is 17.5. The second kappa shape index (κ2) is 9.71. The van der Waals surface area contributed by atoms with Crippen LogP contribution >= 0.6 is 11.3 Å². The maximum atomic E-state index is 12.6. The van der Waals surface area contributed by atoms with Crippen molar-refractivity contribution in [2.75, 3.05) is 10.6 Å². The normalized spacial score (nSPS) is 10.4. The van der Waals surface area contributed by atoms with E-state index in [1.165, 1.54) is 30.0 Å². The van der Waals surface area contributed by atoms with Crippen LogP contribution < -0.4 is 16.0 Å². The van der Waals surface area contributed by atoms with Gasteiger partial charge in [0.1, 0.15) is 4.88 Å². The summed E-state index contributed by atoms with van der Waals surface area (Å²) >= 11 is 1.24. The van der Waals surface area contributed by atoms with E-state index in [1.807, 2.05) is 0 Å². The molecule has 0 aliphatic carbocycles. The van der Waals surface area contributed by atoms with Crippen molar-refractivity contribution in [2.45, 2.75) is 6.54 Å². The van der Waals surface area contributed by atoms with Gasteiger partial charge >= 0.3 is 0 Å². The Bertz CT molecular complexity index is 1220. The Balaban J connectivity index is 1.33. The molecule has 0 fully saturated rings. The van der Waals surface area contributed by atoms with Crippen LogP contribution in [0, 0.1) is 0 Å². The van der Waals surface area contributed by atoms with Crippen molar-refractivity contribution in [1.82, 2.24) is 10.3 Å². The lowest BCUT2D eigenvalue weighted by atomic mass is 10.2. The molecule has 3 aromatic heterocycles. The molecule has 8 nitrogen and oxygen atoms in total. The minimum absolute atomic E-state index is 0.226. The van der Waals surface area contributed by atoms with Gasteiger partial charge in [-0.25, -0.2) is 0 Å². The third-order valence-electron chi connectivity index (χ3n) is 4.47. The number of thiophene rings is 1. The Morgan fingerprint density at radius 2 is 1.66 bits per heavy atom. The molecular weight excluding hydrogens is 428 g/mol. The lowest BCUT2D eigenvalue weighted by molar-refractivity contribution is 0.0954.